The third kappa shape index (κ3) is 4.75. The fraction of sp³-hybridized carbons (Fsp3) is 0.212. The molecule has 0 saturated carbocycles. The molecule has 0 spiro atoms. The molecule has 0 atom stereocenters. The molecule has 202 valence electrons. The monoisotopic (exact) mass is 535 g/mol. The van der Waals surface area contributed by atoms with Crippen LogP contribution in [-0.2, 0) is 16.0 Å². The van der Waals surface area contributed by atoms with E-state index in [1.54, 1.807) is 6.07 Å². The number of nitrogens with two attached hydrogens (primary N) is 1. The highest BCUT2D eigenvalue weighted by molar-refractivity contribution is 5.96. The molecular weight excluding hydrogens is 506 g/mol. The van der Waals surface area contributed by atoms with Crippen LogP contribution in [-0.4, -0.2) is 30.3 Å². The lowest BCUT2D eigenvalue weighted by Gasteiger charge is -2.24. The second-order valence-corrected chi connectivity index (χ2v) is 10.1. The standard InChI is InChI=1S/C33H29NO6/c34-31-25-17-20-9-1-6-14-28(20)40-29(25)18-26(32(31)38-16-8-7-15-30(35)36)33(37)39-19-27-23-12-4-2-10-21(23)22-11-3-5-13-24(22)27/h1-6,9-14,18,27H,7-8,15-17,19,34H2,(H,35,36). The lowest BCUT2D eigenvalue weighted by atomic mass is 9.96. The maximum atomic E-state index is 13.6. The van der Waals surface area contributed by atoms with Crippen LogP contribution in [0.1, 0.15) is 57.8 Å². The Balaban J connectivity index is 1.28. The van der Waals surface area contributed by atoms with Crippen LogP contribution in [0.3, 0.4) is 0 Å². The molecule has 4 aromatic rings. The second kappa shape index (κ2) is 10.8. The molecule has 40 heavy (non-hydrogen) atoms. The number of aliphatic carboxylic acids is 1. The zero-order chi connectivity index (χ0) is 27.6. The van der Waals surface area contributed by atoms with Crippen molar-refractivity contribution in [2.75, 3.05) is 18.9 Å². The van der Waals surface area contributed by atoms with Crippen molar-refractivity contribution >= 4 is 17.6 Å². The van der Waals surface area contributed by atoms with E-state index in [2.05, 4.69) is 24.3 Å². The van der Waals surface area contributed by atoms with Gasteiger partial charge in [-0.1, -0.05) is 66.7 Å². The van der Waals surface area contributed by atoms with Crippen molar-refractivity contribution in [1.82, 2.24) is 0 Å². The average molecular weight is 536 g/mol. The third-order valence-electron chi connectivity index (χ3n) is 7.54. The van der Waals surface area contributed by atoms with Crippen LogP contribution >= 0.6 is 0 Å². The number of rotatable bonds is 9. The van der Waals surface area contributed by atoms with E-state index in [0.717, 1.165) is 39.1 Å². The van der Waals surface area contributed by atoms with Crippen molar-refractivity contribution in [2.24, 2.45) is 0 Å². The van der Waals surface area contributed by atoms with Crippen LogP contribution < -0.4 is 15.2 Å². The van der Waals surface area contributed by atoms with Crippen LogP contribution in [0, 0.1) is 0 Å². The summed E-state index contributed by atoms with van der Waals surface area (Å²) in [6.07, 6.45) is 1.55. The summed E-state index contributed by atoms with van der Waals surface area (Å²) in [5.74, 6) is -0.0416. The Kier molecular flexibility index (Phi) is 6.86. The predicted octanol–water partition coefficient (Wildman–Crippen LogP) is 6.57. The number of fused-ring (bicyclic) bond motifs is 5. The highest BCUT2D eigenvalue weighted by Gasteiger charge is 2.31. The maximum absolute atomic E-state index is 13.6. The topological polar surface area (TPSA) is 108 Å². The van der Waals surface area contributed by atoms with Gasteiger partial charge in [0.1, 0.15) is 23.7 Å². The number of benzene rings is 4. The smallest absolute Gasteiger partial charge is 0.342 e. The molecular formula is C33H29NO6. The lowest BCUT2D eigenvalue weighted by molar-refractivity contribution is -0.137. The van der Waals surface area contributed by atoms with Gasteiger partial charge in [-0.05, 0) is 52.8 Å². The summed E-state index contributed by atoms with van der Waals surface area (Å²) in [5, 5.41) is 8.94. The van der Waals surface area contributed by atoms with E-state index >= 15 is 0 Å². The Morgan fingerprint density at radius 1 is 0.900 bits per heavy atom. The van der Waals surface area contributed by atoms with Crippen molar-refractivity contribution in [3.63, 3.8) is 0 Å². The number of anilines is 1. The van der Waals surface area contributed by atoms with E-state index in [9.17, 15) is 9.59 Å². The Morgan fingerprint density at radius 3 is 2.30 bits per heavy atom. The van der Waals surface area contributed by atoms with Gasteiger partial charge < -0.3 is 25.1 Å². The van der Waals surface area contributed by atoms with E-state index in [0.29, 0.717) is 30.7 Å². The van der Waals surface area contributed by atoms with Crippen LogP contribution in [0.4, 0.5) is 5.69 Å². The molecule has 0 unspecified atom stereocenters. The van der Waals surface area contributed by atoms with Crippen LogP contribution in [0.2, 0.25) is 0 Å². The van der Waals surface area contributed by atoms with Gasteiger partial charge in [0.15, 0.2) is 5.75 Å². The highest BCUT2D eigenvalue weighted by atomic mass is 16.5. The van der Waals surface area contributed by atoms with Crippen molar-refractivity contribution in [3.8, 4) is 28.4 Å². The maximum Gasteiger partial charge on any atom is 0.342 e. The number of carbonyl (C=O) groups excluding carboxylic acids is 1. The van der Waals surface area contributed by atoms with Gasteiger partial charge in [-0.3, -0.25) is 4.79 Å². The first-order valence-electron chi connectivity index (χ1n) is 13.4. The molecule has 1 aliphatic carbocycles. The molecule has 4 aromatic carbocycles. The van der Waals surface area contributed by atoms with Gasteiger partial charge in [0.05, 0.1) is 12.3 Å². The molecule has 0 fully saturated rings. The molecule has 7 heteroatoms. The van der Waals surface area contributed by atoms with Crippen LogP contribution in [0.15, 0.2) is 78.9 Å². The number of hydrogen-bond acceptors (Lipinski definition) is 6. The summed E-state index contributed by atoms with van der Waals surface area (Å²) in [4.78, 5) is 24.5. The molecule has 0 radical (unpaired) electrons. The van der Waals surface area contributed by atoms with Gasteiger partial charge in [-0.15, -0.1) is 0 Å². The zero-order valence-corrected chi connectivity index (χ0v) is 21.9. The van der Waals surface area contributed by atoms with E-state index in [4.69, 9.17) is 25.1 Å². The fourth-order valence-corrected chi connectivity index (χ4v) is 5.57. The number of esters is 1. The Morgan fingerprint density at radius 2 is 1.57 bits per heavy atom. The molecule has 2 aliphatic rings. The minimum atomic E-state index is -0.858. The average Bonchev–Trinajstić information content (AvgIpc) is 3.29. The quantitative estimate of drug-likeness (QED) is 0.125. The first-order valence-corrected chi connectivity index (χ1v) is 13.4. The van der Waals surface area contributed by atoms with Crippen molar-refractivity contribution in [1.29, 1.82) is 0 Å². The van der Waals surface area contributed by atoms with E-state index in [1.807, 2.05) is 48.5 Å². The summed E-state index contributed by atoms with van der Waals surface area (Å²) in [6, 6.07) is 25.7. The summed E-state index contributed by atoms with van der Waals surface area (Å²) in [5.41, 5.74) is 13.4. The number of unbranched alkanes of at least 4 members (excludes halogenated alkanes) is 1. The van der Waals surface area contributed by atoms with Gasteiger partial charge in [0.2, 0.25) is 0 Å². The van der Waals surface area contributed by atoms with Crippen LogP contribution in [0.25, 0.3) is 11.1 Å². The first-order chi connectivity index (χ1) is 19.5. The van der Waals surface area contributed by atoms with Crippen molar-refractivity contribution < 1.29 is 28.9 Å². The number of ether oxygens (including phenoxy) is 3. The lowest BCUT2D eigenvalue weighted by Crippen LogP contribution is -2.17. The molecule has 0 saturated heterocycles. The normalized spacial score (nSPS) is 12.9. The number of para-hydroxylation sites is 1. The highest BCUT2D eigenvalue weighted by Crippen LogP contribution is 2.46. The van der Waals surface area contributed by atoms with Gasteiger partial charge in [-0.25, -0.2) is 4.79 Å². The van der Waals surface area contributed by atoms with E-state index in [1.165, 1.54) is 0 Å². The largest absolute Gasteiger partial charge is 0.490 e. The predicted molar refractivity (Wildman–Crippen MR) is 151 cm³/mol. The summed E-state index contributed by atoms with van der Waals surface area (Å²) >= 11 is 0. The zero-order valence-electron chi connectivity index (χ0n) is 21.9. The Hall–Kier alpha value is -4.78. The van der Waals surface area contributed by atoms with Gasteiger partial charge in [0.25, 0.3) is 0 Å². The number of carboxylic acids is 1. The van der Waals surface area contributed by atoms with Crippen molar-refractivity contribution in [2.45, 2.75) is 31.6 Å². The molecule has 0 bridgehead atoms. The molecule has 3 N–H and O–H groups in total. The molecule has 7 nitrogen and oxygen atoms in total. The van der Waals surface area contributed by atoms with Gasteiger partial charge in [-0.2, -0.15) is 0 Å². The van der Waals surface area contributed by atoms with Gasteiger partial charge in [0, 0.05) is 24.3 Å². The van der Waals surface area contributed by atoms with Gasteiger partial charge >= 0.3 is 11.9 Å². The fourth-order valence-electron chi connectivity index (χ4n) is 5.57. The van der Waals surface area contributed by atoms with E-state index < -0.39 is 11.9 Å². The molecule has 1 heterocycles. The summed E-state index contributed by atoms with van der Waals surface area (Å²) in [6.45, 7) is 0.378. The first kappa shape index (κ1) is 25.5. The molecule has 1 aliphatic heterocycles. The Bertz CT molecular complexity index is 1570. The second-order valence-electron chi connectivity index (χ2n) is 10.1. The Labute approximate surface area is 232 Å². The minimum absolute atomic E-state index is 0.0485. The number of hydrogen-bond donors (Lipinski definition) is 2. The molecule has 0 amide bonds. The number of nitrogen functional groups attached to an aromatic ring is 1. The summed E-state index contributed by atoms with van der Waals surface area (Å²) in [7, 11) is 0. The molecule has 6 rings (SSSR count). The minimum Gasteiger partial charge on any atom is -0.490 e. The number of carboxylic acid groups (broad SMARTS) is 1. The van der Waals surface area contributed by atoms with E-state index in [-0.39, 0.29) is 36.9 Å². The molecule has 0 aromatic heterocycles. The van der Waals surface area contributed by atoms with Crippen molar-refractivity contribution in [3.05, 3.63) is 107 Å². The number of carbonyl (C=O) groups is 2. The summed E-state index contributed by atoms with van der Waals surface area (Å²) < 4.78 is 18.1. The SMILES string of the molecule is Nc1c2c(cc(C(=O)OCC3c4ccccc4-c4ccccc43)c1OCCCCC(=O)O)Oc1ccccc1C2. The third-order valence-corrected chi connectivity index (χ3v) is 7.54. The van der Waals surface area contributed by atoms with Crippen LogP contribution in [0.5, 0.6) is 17.2 Å².